The van der Waals surface area contributed by atoms with Crippen molar-refractivity contribution in [3.8, 4) is 34.5 Å². The first-order valence-corrected chi connectivity index (χ1v) is 12.7. The lowest BCUT2D eigenvalue weighted by atomic mass is 9.87. The summed E-state index contributed by atoms with van der Waals surface area (Å²) >= 11 is 0. The van der Waals surface area contributed by atoms with E-state index in [-0.39, 0.29) is 11.8 Å². The van der Waals surface area contributed by atoms with Crippen LogP contribution in [0.25, 0.3) is 0 Å². The van der Waals surface area contributed by atoms with Crippen molar-refractivity contribution in [1.82, 2.24) is 10.2 Å². The molecule has 0 aromatic heterocycles. The first kappa shape index (κ1) is 26.6. The number of nitrogens with zero attached hydrogens (tertiary/aromatic N) is 1. The van der Waals surface area contributed by atoms with Gasteiger partial charge in [0, 0.05) is 24.2 Å². The molecular formula is C30H38N2O5. The number of fused-ring (bicyclic) bond motifs is 1. The van der Waals surface area contributed by atoms with Crippen LogP contribution < -0.4 is 24.3 Å². The fraction of sp³-hybridized carbons (Fsp3) is 0.400. The number of nitrogens with one attached hydrogen (secondary N) is 1. The van der Waals surface area contributed by atoms with Gasteiger partial charge in [-0.25, -0.2) is 0 Å². The number of hydrogen-bond donors (Lipinski definition) is 2. The first-order valence-electron chi connectivity index (χ1n) is 12.7. The van der Waals surface area contributed by atoms with Crippen LogP contribution in [0.15, 0.2) is 48.5 Å². The van der Waals surface area contributed by atoms with Gasteiger partial charge >= 0.3 is 0 Å². The molecule has 0 fully saturated rings. The highest BCUT2D eigenvalue weighted by molar-refractivity contribution is 5.60. The predicted molar refractivity (Wildman–Crippen MR) is 146 cm³/mol. The molecule has 0 aliphatic carbocycles. The third-order valence-electron chi connectivity index (χ3n) is 7.21. The van der Waals surface area contributed by atoms with Gasteiger partial charge in [-0.15, -0.1) is 0 Å². The van der Waals surface area contributed by atoms with Crippen molar-refractivity contribution in [2.45, 2.75) is 38.3 Å². The number of aromatic hydroxyl groups is 1. The van der Waals surface area contributed by atoms with E-state index in [9.17, 15) is 5.11 Å². The largest absolute Gasteiger partial charge is 0.502 e. The summed E-state index contributed by atoms with van der Waals surface area (Å²) in [6.07, 6.45) is 2.53. The summed E-state index contributed by atoms with van der Waals surface area (Å²) in [5, 5.41) is 14.0. The number of ether oxygens (including phenoxy) is 4. The smallest absolute Gasteiger partial charge is 0.201 e. The van der Waals surface area contributed by atoms with E-state index in [1.165, 1.54) is 5.56 Å². The van der Waals surface area contributed by atoms with Gasteiger partial charge in [0.1, 0.15) is 5.75 Å². The minimum Gasteiger partial charge on any atom is -0.502 e. The summed E-state index contributed by atoms with van der Waals surface area (Å²) in [5.74, 6) is 3.05. The number of likely N-dealkylation sites (N-methyl/N-ethyl adjacent to an activating group) is 2. The molecule has 7 nitrogen and oxygen atoms in total. The highest BCUT2D eigenvalue weighted by Gasteiger charge is 2.32. The lowest BCUT2D eigenvalue weighted by Crippen LogP contribution is -2.33. The van der Waals surface area contributed by atoms with Crippen LogP contribution in [0, 0.1) is 0 Å². The van der Waals surface area contributed by atoms with E-state index in [0.29, 0.717) is 35.5 Å². The predicted octanol–water partition coefficient (Wildman–Crippen LogP) is 5.13. The summed E-state index contributed by atoms with van der Waals surface area (Å²) in [7, 11) is 8.87. The van der Waals surface area contributed by atoms with E-state index in [2.05, 4.69) is 42.4 Å². The fourth-order valence-corrected chi connectivity index (χ4v) is 4.98. The Balaban J connectivity index is 1.61. The van der Waals surface area contributed by atoms with Crippen LogP contribution in [0.3, 0.4) is 0 Å². The minimum atomic E-state index is 0.0187. The second-order valence-electron chi connectivity index (χ2n) is 9.61. The molecule has 0 amide bonds. The molecule has 0 bridgehead atoms. The maximum absolute atomic E-state index is 10.8. The summed E-state index contributed by atoms with van der Waals surface area (Å²) in [6.45, 7) is 3.06. The maximum atomic E-state index is 10.8. The standard InChI is InChI=1S/C30H38N2O5/c1-19(31-2)15-20-7-10-23(11-8-20)37-26-17-21(9-12-25(26)34-4)16-24-28-22(13-14-32(24)3)18-27(35-5)29(33)30(28)36-6/h7-12,17-19,24,31,33H,13-16H2,1-6H3/t19-,24+/m1/s1. The van der Waals surface area contributed by atoms with Gasteiger partial charge in [-0.3, -0.25) is 4.90 Å². The summed E-state index contributed by atoms with van der Waals surface area (Å²) < 4.78 is 22.9. The molecule has 198 valence electrons. The topological polar surface area (TPSA) is 72.4 Å². The molecule has 0 spiro atoms. The first-order chi connectivity index (χ1) is 17.9. The van der Waals surface area contributed by atoms with E-state index < -0.39 is 0 Å². The second kappa shape index (κ2) is 11.8. The van der Waals surface area contributed by atoms with Crippen molar-refractivity contribution >= 4 is 0 Å². The third kappa shape index (κ3) is 5.78. The van der Waals surface area contributed by atoms with E-state index >= 15 is 0 Å². The number of phenols is 1. The number of rotatable bonds is 10. The Hall–Kier alpha value is -3.42. The Morgan fingerprint density at radius 3 is 2.30 bits per heavy atom. The van der Waals surface area contributed by atoms with E-state index in [1.54, 1.807) is 21.3 Å². The molecule has 0 unspecified atom stereocenters. The van der Waals surface area contributed by atoms with Gasteiger partial charge in [0.25, 0.3) is 0 Å². The average molecular weight is 507 g/mol. The molecule has 3 aromatic rings. The van der Waals surface area contributed by atoms with Crippen LogP contribution >= 0.6 is 0 Å². The van der Waals surface area contributed by atoms with Crippen molar-refractivity contribution in [2.75, 3.05) is 42.0 Å². The van der Waals surface area contributed by atoms with E-state index in [0.717, 1.165) is 41.8 Å². The summed E-state index contributed by atoms with van der Waals surface area (Å²) in [5.41, 5.74) is 4.48. The number of phenolic OH excluding ortho intramolecular Hbond substituents is 1. The van der Waals surface area contributed by atoms with Crippen LogP contribution in [-0.4, -0.2) is 58.0 Å². The van der Waals surface area contributed by atoms with Gasteiger partial charge in [-0.05, 0) is 87.3 Å². The van der Waals surface area contributed by atoms with Gasteiger partial charge in [0.05, 0.1) is 21.3 Å². The van der Waals surface area contributed by atoms with Gasteiger partial charge in [0.2, 0.25) is 5.75 Å². The molecule has 2 atom stereocenters. The zero-order chi connectivity index (χ0) is 26.5. The van der Waals surface area contributed by atoms with Crippen LogP contribution in [-0.2, 0) is 19.3 Å². The van der Waals surface area contributed by atoms with E-state index in [1.807, 2.05) is 37.4 Å². The van der Waals surface area contributed by atoms with Gasteiger partial charge in [0.15, 0.2) is 23.0 Å². The van der Waals surface area contributed by atoms with Crippen LogP contribution in [0.4, 0.5) is 0 Å². The van der Waals surface area contributed by atoms with E-state index in [4.69, 9.17) is 18.9 Å². The molecule has 37 heavy (non-hydrogen) atoms. The molecule has 2 N–H and O–H groups in total. The number of benzene rings is 3. The van der Waals surface area contributed by atoms with Crippen molar-refractivity contribution < 1.29 is 24.1 Å². The van der Waals surface area contributed by atoms with Crippen LogP contribution in [0.1, 0.15) is 35.2 Å². The third-order valence-corrected chi connectivity index (χ3v) is 7.21. The molecule has 0 radical (unpaired) electrons. The Bertz CT molecular complexity index is 1210. The summed E-state index contributed by atoms with van der Waals surface area (Å²) in [4.78, 5) is 2.30. The van der Waals surface area contributed by atoms with Crippen molar-refractivity contribution in [3.63, 3.8) is 0 Å². The van der Waals surface area contributed by atoms with Crippen LogP contribution in [0.5, 0.6) is 34.5 Å². The summed E-state index contributed by atoms with van der Waals surface area (Å²) in [6, 6.07) is 16.6. The zero-order valence-electron chi connectivity index (χ0n) is 22.6. The zero-order valence-corrected chi connectivity index (χ0v) is 22.6. The molecule has 1 aliphatic rings. The van der Waals surface area contributed by atoms with Crippen LogP contribution in [0.2, 0.25) is 0 Å². The molecule has 1 aliphatic heterocycles. The Morgan fingerprint density at radius 2 is 1.65 bits per heavy atom. The van der Waals surface area contributed by atoms with Gasteiger partial charge in [-0.2, -0.15) is 0 Å². The van der Waals surface area contributed by atoms with Crippen molar-refractivity contribution in [2.24, 2.45) is 0 Å². The van der Waals surface area contributed by atoms with Crippen molar-refractivity contribution in [3.05, 3.63) is 70.8 Å². The van der Waals surface area contributed by atoms with Gasteiger partial charge in [-0.1, -0.05) is 18.2 Å². The molecule has 3 aromatic carbocycles. The average Bonchev–Trinajstić information content (AvgIpc) is 2.91. The number of hydrogen-bond acceptors (Lipinski definition) is 7. The molecular weight excluding hydrogens is 468 g/mol. The Kier molecular flexibility index (Phi) is 8.46. The highest BCUT2D eigenvalue weighted by atomic mass is 16.5. The second-order valence-corrected chi connectivity index (χ2v) is 9.61. The molecule has 1 heterocycles. The Labute approximate surface area is 219 Å². The fourth-order valence-electron chi connectivity index (χ4n) is 4.98. The Morgan fingerprint density at radius 1 is 0.946 bits per heavy atom. The molecule has 0 saturated carbocycles. The molecule has 4 rings (SSSR count). The lowest BCUT2D eigenvalue weighted by molar-refractivity contribution is 0.219. The molecule has 0 saturated heterocycles. The number of methoxy groups -OCH3 is 3. The highest BCUT2D eigenvalue weighted by Crippen LogP contribution is 2.47. The quantitative estimate of drug-likeness (QED) is 0.395. The minimum absolute atomic E-state index is 0.0187. The van der Waals surface area contributed by atoms with Crippen molar-refractivity contribution in [1.29, 1.82) is 0 Å². The SMILES string of the molecule is CN[C@H](C)Cc1ccc(Oc2cc(C[C@H]3c4c(cc(OC)c(O)c4OC)CCN3C)ccc2OC)cc1. The normalized spacial score (nSPS) is 16.1. The maximum Gasteiger partial charge on any atom is 0.201 e. The van der Waals surface area contributed by atoms with Gasteiger partial charge < -0.3 is 29.4 Å². The molecule has 7 heteroatoms. The monoisotopic (exact) mass is 506 g/mol. The lowest BCUT2D eigenvalue weighted by Gasteiger charge is -2.36.